The van der Waals surface area contributed by atoms with E-state index in [-0.39, 0.29) is 59.2 Å². The molecule has 1 atom stereocenters. The lowest BCUT2D eigenvalue weighted by Gasteiger charge is -2.33. The Hall–Kier alpha value is -6.67. The van der Waals surface area contributed by atoms with E-state index in [2.05, 4.69) is 27.5 Å². The highest BCUT2D eigenvalue weighted by atomic mass is 32.2. The zero-order chi connectivity index (χ0) is 43.4. The van der Waals surface area contributed by atoms with Crippen LogP contribution in [-0.4, -0.2) is 69.8 Å². The van der Waals surface area contributed by atoms with Crippen molar-refractivity contribution >= 4 is 61.1 Å². The van der Waals surface area contributed by atoms with Gasteiger partial charge in [-0.25, -0.2) is 27.0 Å². The number of anilines is 2. The van der Waals surface area contributed by atoms with Crippen molar-refractivity contribution < 1.29 is 36.0 Å². The highest BCUT2D eigenvalue weighted by Crippen LogP contribution is 2.43. The minimum Gasteiger partial charge on any atom is -0.464 e. The van der Waals surface area contributed by atoms with Crippen LogP contribution in [0.15, 0.2) is 70.2 Å². The van der Waals surface area contributed by atoms with Crippen LogP contribution in [0.5, 0.6) is 0 Å². The number of furan rings is 1. The first-order valence-corrected chi connectivity index (χ1v) is 22.2. The summed E-state index contributed by atoms with van der Waals surface area (Å²) < 4.78 is 63.2. The summed E-state index contributed by atoms with van der Waals surface area (Å²) in [7, 11) is 0.175. The number of alkyl halides is 2. The second-order valence-corrected chi connectivity index (χ2v) is 18.3. The number of imidazole rings is 1. The molecule has 0 radical (unpaired) electrons. The molecular weight excluding hydrogens is 821 g/mol. The number of hydrogen-bond acceptors (Lipinski definition) is 10. The van der Waals surface area contributed by atoms with Gasteiger partial charge in [0.05, 0.1) is 47.0 Å². The minimum atomic E-state index is -3.16. The largest absolute Gasteiger partial charge is 0.464 e. The van der Waals surface area contributed by atoms with Gasteiger partial charge in [0, 0.05) is 78.6 Å². The number of amides is 3. The lowest BCUT2D eigenvalue weighted by molar-refractivity contribution is -0.134. The van der Waals surface area contributed by atoms with Gasteiger partial charge in [0.2, 0.25) is 11.8 Å². The van der Waals surface area contributed by atoms with E-state index >= 15 is 0 Å². The molecule has 0 saturated carbocycles. The van der Waals surface area contributed by atoms with Gasteiger partial charge >= 0.3 is 5.69 Å². The summed E-state index contributed by atoms with van der Waals surface area (Å²) in [6.07, 6.45) is 2.77. The molecule has 2 N–H and O–H groups in total. The number of aromatic nitrogens is 4. The molecule has 2 aromatic carbocycles. The quantitative estimate of drug-likeness (QED) is 0.150. The van der Waals surface area contributed by atoms with Gasteiger partial charge in [-0.15, -0.1) is 0 Å². The summed E-state index contributed by atoms with van der Waals surface area (Å²) >= 11 is 0. The number of nitrogens with zero attached hydrogens (tertiary/aromatic N) is 5. The van der Waals surface area contributed by atoms with E-state index in [0.717, 1.165) is 5.56 Å². The van der Waals surface area contributed by atoms with Gasteiger partial charge in [0.1, 0.15) is 26.9 Å². The molecule has 7 heterocycles. The summed E-state index contributed by atoms with van der Waals surface area (Å²) in [5.74, 6) is 4.59. The van der Waals surface area contributed by atoms with Crippen LogP contribution in [0.25, 0.3) is 33.1 Å². The van der Waals surface area contributed by atoms with Crippen molar-refractivity contribution in [3.05, 3.63) is 105 Å². The molecule has 3 aliphatic heterocycles. The summed E-state index contributed by atoms with van der Waals surface area (Å²) in [6.45, 7) is 0.489. The van der Waals surface area contributed by atoms with Crippen molar-refractivity contribution in [2.75, 3.05) is 29.5 Å². The van der Waals surface area contributed by atoms with Crippen molar-refractivity contribution in [1.82, 2.24) is 29.7 Å². The van der Waals surface area contributed by atoms with Crippen molar-refractivity contribution in [2.45, 2.75) is 56.8 Å². The van der Waals surface area contributed by atoms with Crippen LogP contribution >= 0.6 is 0 Å². The Balaban J connectivity index is 0.936. The molecule has 0 spiro atoms. The fourth-order valence-electron chi connectivity index (χ4n) is 8.89. The van der Waals surface area contributed by atoms with Crippen LogP contribution in [0.2, 0.25) is 0 Å². The van der Waals surface area contributed by atoms with Crippen LogP contribution in [0.3, 0.4) is 0 Å². The second kappa shape index (κ2) is 16.0. The monoisotopic (exact) mass is 861 g/mol. The van der Waals surface area contributed by atoms with Gasteiger partial charge < -0.3 is 14.6 Å². The molecule has 4 aromatic heterocycles. The molecule has 1 unspecified atom stereocenters. The predicted octanol–water partition coefficient (Wildman–Crippen LogP) is 5.70. The maximum absolute atomic E-state index is 14.9. The van der Waals surface area contributed by atoms with Crippen molar-refractivity contribution in [3.8, 4) is 23.0 Å². The number of sulfone groups is 1. The Bertz CT molecular complexity index is 3060. The molecule has 0 aliphatic carbocycles. The van der Waals surface area contributed by atoms with Crippen LogP contribution in [0, 0.1) is 11.8 Å². The molecule has 62 heavy (non-hydrogen) atoms. The molecule has 6 aromatic rings. The van der Waals surface area contributed by atoms with Gasteiger partial charge in [0.15, 0.2) is 0 Å². The first-order valence-electron chi connectivity index (χ1n) is 20.3. The molecule has 2 saturated heterocycles. The fraction of sp³-hybridized carbons (Fsp3) is 0.333. The highest BCUT2D eigenvalue weighted by molar-refractivity contribution is 7.91. The first-order chi connectivity index (χ1) is 29.8. The number of fused-ring (bicyclic) bond motifs is 3. The van der Waals surface area contributed by atoms with Crippen LogP contribution < -0.4 is 21.2 Å². The average Bonchev–Trinajstić information content (AvgIpc) is 3.77. The third kappa shape index (κ3) is 7.52. The van der Waals surface area contributed by atoms with Gasteiger partial charge in [0.25, 0.3) is 12.3 Å². The number of carbonyl (C=O) groups excluding carboxylic acids is 3. The number of halogens is 2. The third-order valence-corrected chi connectivity index (χ3v) is 13.9. The van der Waals surface area contributed by atoms with Gasteiger partial charge in [-0.3, -0.25) is 33.8 Å². The lowest BCUT2D eigenvalue weighted by atomic mass is 9.90. The number of imide groups is 1. The van der Waals surface area contributed by atoms with E-state index in [1.54, 1.807) is 50.5 Å². The zero-order valence-electron chi connectivity index (χ0n) is 33.8. The lowest BCUT2D eigenvalue weighted by Crippen LogP contribution is -2.39. The molecule has 318 valence electrons. The number of rotatable bonds is 7. The van der Waals surface area contributed by atoms with Crippen molar-refractivity contribution in [3.63, 3.8) is 0 Å². The van der Waals surface area contributed by atoms with Gasteiger partial charge in [-0.2, -0.15) is 0 Å². The predicted molar refractivity (Wildman–Crippen MR) is 227 cm³/mol. The minimum absolute atomic E-state index is 0.00499. The summed E-state index contributed by atoms with van der Waals surface area (Å²) in [4.78, 5) is 61.5. The molecule has 9 rings (SSSR count). The van der Waals surface area contributed by atoms with Gasteiger partial charge in [-0.1, -0.05) is 17.9 Å². The Kier molecular flexibility index (Phi) is 10.5. The highest BCUT2D eigenvalue weighted by Gasteiger charge is 2.33. The first kappa shape index (κ1) is 40.7. The summed E-state index contributed by atoms with van der Waals surface area (Å²) in [6, 6.07) is 13.4. The maximum Gasteiger partial charge on any atom is 0.328 e. The number of aryl methyl sites for hydroxylation is 3. The summed E-state index contributed by atoms with van der Waals surface area (Å²) in [5, 5.41) is 5.80. The van der Waals surface area contributed by atoms with E-state index in [1.807, 2.05) is 4.90 Å². The average molecular weight is 862 g/mol. The Morgan fingerprint density at radius 3 is 2.56 bits per heavy atom. The normalized spacial score (nSPS) is 17.8. The standard InChI is InChI=1S/C45H41F2N7O7S/c1-52-36-22-38(50-40(41(36)53(2)45(52)58)26-13-17-62(59,60)18-14-26)54-16-4-6-27-20-30(32(42(46)47)21-35(27)54)28-8-10-34(49-23-28)44(57)48-15-3-5-25-7-11-37-31(19-25)33(24-61-37)29-9-12-39(55)51-43(29)56/h7-8,10-11,19-24,26,29,42H,4,6,9,12-18H2,1-2H3,(H,48,57)(H,51,55,56). The number of nitrogens with one attached hydrogen (secondary N) is 2. The number of pyridine rings is 2. The topological polar surface area (TPSA) is 178 Å². The number of benzene rings is 2. The zero-order valence-corrected chi connectivity index (χ0v) is 34.7. The van der Waals surface area contributed by atoms with Crippen molar-refractivity contribution in [1.29, 1.82) is 0 Å². The molecule has 17 heteroatoms. The Morgan fingerprint density at radius 2 is 1.82 bits per heavy atom. The smallest absolute Gasteiger partial charge is 0.328 e. The van der Waals surface area contributed by atoms with Crippen LogP contribution in [0.4, 0.5) is 20.3 Å². The summed E-state index contributed by atoms with van der Waals surface area (Å²) in [5.41, 5.74) is 5.50. The fourth-order valence-corrected chi connectivity index (χ4v) is 10.4. The molecule has 14 nitrogen and oxygen atoms in total. The van der Waals surface area contributed by atoms with E-state index < -0.39 is 28.1 Å². The van der Waals surface area contributed by atoms with E-state index in [1.165, 1.54) is 33.7 Å². The molecule has 3 aliphatic rings. The van der Waals surface area contributed by atoms with E-state index in [4.69, 9.17) is 9.40 Å². The SMILES string of the molecule is Cn1c(=O)n(C)c2c(C3CCS(=O)(=O)CC3)nc(N3CCCc4cc(-c5ccc(C(=O)NCC#Cc6ccc7occ(C8CCC(=O)NC8=O)c7c6)nc5)c(C(F)F)cc43)cc21. The number of hydrogen-bond donors (Lipinski definition) is 2. The van der Waals surface area contributed by atoms with Crippen LogP contribution in [-0.2, 0) is 39.9 Å². The van der Waals surface area contributed by atoms with Crippen LogP contribution in [0.1, 0.15) is 88.8 Å². The molecule has 2 fully saturated rings. The molecule has 0 bridgehead atoms. The Labute approximate surface area is 354 Å². The second-order valence-electron chi connectivity index (χ2n) is 16.0. The molecule has 3 amide bonds. The number of piperidine rings is 1. The van der Waals surface area contributed by atoms with E-state index in [0.29, 0.717) is 100 Å². The number of carbonyl (C=O) groups is 3. The third-order valence-electron chi connectivity index (χ3n) is 12.2. The maximum atomic E-state index is 14.9. The van der Waals surface area contributed by atoms with Gasteiger partial charge in [-0.05, 0) is 79.6 Å². The van der Waals surface area contributed by atoms with Crippen molar-refractivity contribution in [2.24, 2.45) is 14.1 Å². The molecular formula is C45H41F2N7O7S. The van der Waals surface area contributed by atoms with E-state index in [9.17, 15) is 36.4 Å². The Morgan fingerprint density at radius 1 is 1.02 bits per heavy atom.